The van der Waals surface area contributed by atoms with Gasteiger partial charge in [-0.1, -0.05) is 36.4 Å². The maximum Gasteiger partial charge on any atom is 0.286 e. The standard InChI is InChI=1S/C15H10N3O6/c19-16(20)12-9-14(17(21)22)13(15(10-12)18(23)24)8-4-7-11-5-2-1-3-6-11/h1-5,7,9-10H,8H2/b7-4+. The van der Waals surface area contributed by atoms with Gasteiger partial charge in [-0.05, 0) is 11.6 Å². The van der Waals surface area contributed by atoms with Gasteiger partial charge < -0.3 is 0 Å². The largest absolute Gasteiger partial charge is 0.286 e. The number of nitro groups is 3. The van der Waals surface area contributed by atoms with Crippen molar-refractivity contribution < 1.29 is 14.8 Å². The Hall–Kier alpha value is -3.62. The molecule has 0 N–H and O–H groups in total. The molecule has 121 valence electrons. The second-order valence-electron chi connectivity index (χ2n) is 4.66. The Morgan fingerprint density at radius 3 is 2.04 bits per heavy atom. The minimum absolute atomic E-state index is 0.118. The van der Waals surface area contributed by atoms with Gasteiger partial charge in [0.15, 0.2) is 0 Å². The van der Waals surface area contributed by atoms with Crippen LogP contribution in [-0.4, -0.2) is 14.8 Å². The smallest absolute Gasteiger partial charge is 0.258 e. The van der Waals surface area contributed by atoms with E-state index in [2.05, 4.69) is 6.07 Å². The van der Waals surface area contributed by atoms with E-state index in [0.29, 0.717) is 5.56 Å². The summed E-state index contributed by atoms with van der Waals surface area (Å²) in [6, 6.07) is 11.3. The monoisotopic (exact) mass is 328 g/mol. The Balaban J connectivity index is 2.46. The quantitative estimate of drug-likeness (QED) is 0.589. The maximum atomic E-state index is 11.1. The number of rotatable bonds is 6. The van der Waals surface area contributed by atoms with Gasteiger partial charge in [0.05, 0.1) is 26.9 Å². The summed E-state index contributed by atoms with van der Waals surface area (Å²) < 4.78 is 0. The maximum absolute atomic E-state index is 11.1. The second-order valence-corrected chi connectivity index (χ2v) is 4.66. The van der Waals surface area contributed by atoms with Crippen molar-refractivity contribution in [1.82, 2.24) is 0 Å². The molecule has 0 spiro atoms. The first-order chi connectivity index (χ1) is 11.4. The van der Waals surface area contributed by atoms with Crippen LogP contribution >= 0.6 is 0 Å². The van der Waals surface area contributed by atoms with Crippen LogP contribution in [0.3, 0.4) is 0 Å². The Morgan fingerprint density at radius 1 is 0.958 bits per heavy atom. The van der Waals surface area contributed by atoms with Crippen molar-refractivity contribution in [3.8, 4) is 0 Å². The summed E-state index contributed by atoms with van der Waals surface area (Å²) >= 11 is 0. The molecule has 0 amide bonds. The Bertz CT molecular complexity index is 797. The highest BCUT2D eigenvalue weighted by Crippen LogP contribution is 2.34. The topological polar surface area (TPSA) is 129 Å². The molecule has 0 aromatic heterocycles. The molecule has 2 aromatic carbocycles. The molecule has 0 aliphatic heterocycles. The third-order valence-corrected chi connectivity index (χ3v) is 3.14. The zero-order chi connectivity index (χ0) is 17.7. The Morgan fingerprint density at radius 2 is 1.58 bits per heavy atom. The van der Waals surface area contributed by atoms with Crippen LogP contribution in [0.15, 0.2) is 42.5 Å². The Labute approximate surface area is 135 Å². The van der Waals surface area contributed by atoms with Crippen LogP contribution in [0.4, 0.5) is 17.1 Å². The molecule has 0 bridgehead atoms. The van der Waals surface area contributed by atoms with Crippen LogP contribution in [-0.2, 0) is 6.42 Å². The molecule has 0 saturated carbocycles. The first-order valence-corrected chi connectivity index (χ1v) is 6.63. The van der Waals surface area contributed by atoms with Gasteiger partial charge in [0.2, 0.25) is 0 Å². The highest BCUT2D eigenvalue weighted by atomic mass is 16.6. The summed E-state index contributed by atoms with van der Waals surface area (Å²) in [7, 11) is 0. The molecule has 2 rings (SSSR count). The van der Waals surface area contributed by atoms with E-state index in [4.69, 9.17) is 0 Å². The lowest BCUT2D eigenvalue weighted by atomic mass is 10.0. The average molecular weight is 328 g/mol. The lowest BCUT2D eigenvalue weighted by molar-refractivity contribution is -0.404. The summed E-state index contributed by atoms with van der Waals surface area (Å²) in [5, 5.41) is 33.1. The molecule has 24 heavy (non-hydrogen) atoms. The molecule has 0 aliphatic carbocycles. The first-order valence-electron chi connectivity index (χ1n) is 6.63. The fourth-order valence-corrected chi connectivity index (χ4v) is 2.08. The first kappa shape index (κ1) is 16.7. The molecule has 0 atom stereocenters. The SMILES string of the molecule is O=[N+]([O-])c1cc([N+](=O)[O-])c(C/C=C/c2[c]cccc2)c([N+](=O)[O-])c1. The average Bonchev–Trinajstić information content (AvgIpc) is 2.55. The van der Waals surface area contributed by atoms with Crippen molar-refractivity contribution in [2.75, 3.05) is 0 Å². The summed E-state index contributed by atoms with van der Waals surface area (Å²) in [6.45, 7) is 0. The molecular weight excluding hydrogens is 318 g/mol. The summed E-state index contributed by atoms with van der Waals surface area (Å²) in [5.41, 5.74) is -1.50. The predicted molar refractivity (Wildman–Crippen MR) is 84.4 cm³/mol. The van der Waals surface area contributed by atoms with E-state index in [9.17, 15) is 30.3 Å². The van der Waals surface area contributed by atoms with Gasteiger partial charge in [-0.25, -0.2) is 0 Å². The van der Waals surface area contributed by atoms with Crippen molar-refractivity contribution >= 4 is 23.1 Å². The van der Waals surface area contributed by atoms with E-state index < -0.39 is 31.8 Å². The number of non-ortho nitro benzene ring substituents is 1. The minimum atomic E-state index is -0.904. The molecule has 1 radical (unpaired) electrons. The highest BCUT2D eigenvalue weighted by Gasteiger charge is 2.29. The summed E-state index contributed by atoms with van der Waals surface area (Å²) in [4.78, 5) is 30.4. The number of hydrogen-bond acceptors (Lipinski definition) is 6. The number of nitrogens with zero attached hydrogens (tertiary/aromatic N) is 3. The third-order valence-electron chi connectivity index (χ3n) is 3.14. The van der Waals surface area contributed by atoms with E-state index in [1.54, 1.807) is 30.3 Å². The Kier molecular flexibility index (Phi) is 4.95. The molecule has 0 unspecified atom stereocenters. The molecule has 2 aromatic rings. The number of benzene rings is 2. The van der Waals surface area contributed by atoms with Crippen LogP contribution in [0.1, 0.15) is 11.1 Å². The van der Waals surface area contributed by atoms with Gasteiger partial charge in [-0.2, -0.15) is 0 Å². The van der Waals surface area contributed by atoms with E-state index >= 15 is 0 Å². The summed E-state index contributed by atoms with van der Waals surface area (Å²) in [6.07, 6.45) is 3.00. The third kappa shape index (κ3) is 3.77. The van der Waals surface area contributed by atoms with E-state index in [1.165, 1.54) is 6.08 Å². The number of nitro benzene ring substituents is 3. The predicted octanol–water partition coefficient (Wildman–Crippen LogP) is 3.47. The molecule has 0 aliphatic rings. The van der Waals surface area contributed by atoms with Crippen molar-refractivity contribution in [3.05, 3.63) is 90.0 Å². The van der Waals surface area contributed by atoms with Crippen molar-refractivity contribution in [1.29, 1.82) is 0 Å². The van der Waals surface area contributed by atoms with Gasteiger partial charge in [0, 0.05) is 6.42 Å². The number of allylic oxidation sites excluding steroid dienone is 1. The van der Waals surface area contributed by atoms with Crippen molar-refractivity contribution in [2.45, 2.75) is 6.42 Å². The van der Waals surface area contributed by atoms with Crippen LogP contribution in [0.2, 0.25) is 0 Å². The molecule has 0 fully saturated rings. The van der Waals surface area contributed by atoms with Crippen LogP contribution in [0.25, 0.3) is 6.08 Å². The van der Waals surface area contributed by atoms with E-state index in [-0.39, 0.29) is 12.0 Å². The van der Waals surface area contributed by atoms with Crippen molar-refractivity contribution in [3.63, 3.8) is 0 Å². The van der Waals surface area contributed by atoms with Gasteiger partial charge >= 0.3 is 0 Å². The lowest BCUT2D eigenvalue weighted by Crippen LogP contribution is -2.02. The lowest BCUT2D eigenvalue weighted by Gasteiger charge is -2.02. The molecule has 9 nitrogen and oxygen atoms in total. The van der Waals surface area contributed by atoms with Gasteiger partial charge in [-0.15, -0.1) is 0 Å². The molecule has 0 heterocycles. The number of hydrogen-bond donors (Lipinski definition) is 0. The van der Waals surface area contributed by atoms with Crippen LogP contribution in [0.5, 0.6) is 0 Å². The van der Waals surface area contributed by atoms with Gasteiger partial charge in [0.1, 0.15) is 5.56 Å². The fourth-order valence-electron chi connectivity index (χ4n) is 2.08. The highest BCUT2D eigenvalue weighted by molar-refractivity contribution is 5.62. The molecule has 9 heteroatoms. The van der Waals surface area contributed by atoms with Crippen LogP contribution in [0, 0.1) is 36.4 Å². The van der Waals surface area contributed by atoms with Gasteiger partial charge in [-0.3, -0.25) is 30.3 Å². The fraction of sp³-hybridized carbons (Fsp3) is 0.0667. The second kappa shape index (κ2) is 7.09. The molecular formula is C15H10N3O6. The zero-order valence-electron chi connectivity index (χ0n) is 12.1. The van der Waals surface area contributed by atoms with Crippen molar-refractivity contribution in [2.24, 2.45) is 0 Å². The van der Waals surface area contributed by atoms with Gasteiger partial charge in [0.25, 0.3) is 17.1 Å². The normalized spacial score (nSPS) is 10.7. The summed E-state index contributed by atoms with van der Waals surface area (Å²) in [5.74, 6) is 0. The van der Waals surface area contributed by atoms with E-state index in [0.717, 1.165) is 12.1 Å². The van der Waals surface area contributed by atoms with E-state index in [1.807, 2.05) is 0 Å². The molecule has 0 saturated heterocycles. The zero-order valence-corrected chi connectivity index (χ0v) is 12.1. The minimum Gasteiger partial charge on any atom is -0.258 e. The van der Waals surface area contributed by atoms with Crippen LogP contribution < -0.4 is 0 Å².